The highest BCUT2D eigenvalue weighted by atomic mass is 35.5. The van der Waals surface area contributed by atoms with Gasteiger partial charge in [-0.15, -0.1) is 0 Å². The Bertz CT molecular complexity index is 1080. The first-order chi connectivity index (χ1) is 14.8. The molecule has 8 nitrogen and oxygen atoms in total. The molecular weight excluding hydrogens is 444 g/mol. The monoisotopic (exact) mass is 460 g/mol. The molecule has 2 aromatic carbocycles. The lowest BCUT2D eigenvalue weighted by Gasteiger charge is -2.29. The van der Waals surface area contributed by atoms with Gasteiger partial charge in [0.15, 0.2) is 11.7 Å². The number of benzene rings is 2. The van der Waals surface area contributed by atoms with Crippen molar-refractivity contribution >= 4 is 58.5 Å². The van der Waals surface area contributed by atoms with Crippen LogP contribution in [-0.4, -0.2) is 41.2 Å². The van der Waals surface area contributed by atoms with E-state index in [0.717, 1.165) is 0 Å². The van der Waals surface area contributed by atoms with Gasteiger partial charge in [0.05, 0.1) is 17.3 Å². The second-order valence-electron chi connectivity index (χ2n) is 6.26. The molecule has 10 heteroatoms. The quantitative estimate of drug-likeness (QED) is 0.371. The van der Waals surface area contributed by atoms with Gasteiger partial charge in [-0.05, 0) is 67.2 Å². The van der Waals surface area contributed by atoms with E-state index in [1.807, 2.05) is 6.92 Å². The van der Waals surface area contributed by atoms with E-state index in [2.05, 4.69) is 5.32 Å². The lowest BCUT2D eigenvalue weighted by atomic mass is 10.1. The highest BCUT2D eigenvalue weighted by Crippen LogP contribution is 2.28. The number of rotatable bonds is 7. The number of amides is 2. The summed E-state index contributed by atoms with van der Waals surface area (Å²) in [7, 11) is 0. The van der Waals surface area contributed by atoms with Crippen LogP contribution in [0.15, 0.2) is 48.0 Å². The predicted octanol–water partition coefficient (Wildman–Crippen LogP) is 3.03. The maximum Gasteiger partial charge on any atom is 0.341 e. The van der Waals surface area contributed by atoms with Crippen LogP contribution in [0.3, 0.4) is 0 Å². The molecule has 3 rings (SSSR count). The molecule has 0 aromatic heterocycles. The Morgan fingerprint density at radius 1 is 1.19 bits per heavy atom. The molecule has 1 aliphatic heterocycles. The highest BCUT2D eigenvalue weighted by molar-refractivity contribution is 7.80. The Kier molecular flexibility index (Phi) is 6.88. The minimum atomic E-state index is -1.14. The minimum absolute atomic E-state index is 0.0354. The average Bonchev–Trinajstić information content (AvgIpc) is 2.71. The van der Waals surface area contributed by atoms with E-state index < -0.39 is 24.4 Å². The SMILES string of the molecule is CCOc1ccc(N2C(=O)C(=Cc3ccc(OCC(=O)O)c(Cl)c3)C(=O)NC2=S)cc1. The molecule has 0 atom stereocenters. The molecule has 1 aliphatic rings. The van der Waals surface area contributed by atoms with Gasteiger partial charge in [0.2, 0.25) is 0 Å². The summed E-state index contributed by atoms with van der Waals surface area (Å²) < 4.78 is 10.5. The van der Waals surface area contributed by atoms with Crippen LogP contribution < -0.4 is 19.7 Å². The van der Waals surface area contributed by atoms with Crippen molar-refractivity contribution < 1.29 is 29.0 Å². The smallest absolute Gasteiger partial charge is 0.341 e. The van der Waals surface area contributed by atoms with Crippen molar-refractivity contribution in [2.75, 3.05) is 18.1 Å². The van der Waals surface area contributed by atoms with Crippen LogP contribution >= 0.6 is 23.8 Å². The molecule has 1 fully saturated rings. The van der Waals surface area contributed by atoms with Crippen molar-refractivity contribution in [2.24, 2.45) is 0 Å². The minimum Gasteiger partial charge on any atom is -0.494 e. The van der Waals surface area contributed by atoms with Crippen molar-refractivity contribution in [3.05, 3.63) is 58.6 Å². The van der Waals surface area contributed by atoms with E-state index in [4.69, 9.17) is 38.4 Å². The van der Waals surface area contributed by atoms with Crippen LogP contribution in [0.1, 0.15) is 12.5 Å². The summed E-state index contributed by atoms with van der Waals surface area (Å²) in [5.74, 6) is -1.57. The third kappa shape index (κ3) is 5.19. The fourth-order valence-electron chi connectivity index (χ4n) is 2.78. The number of carboxylic acids is 1. The normalized spacial score (nSPS) is 15.1. The molecule has 0 spiro atoms. The molecule has 0 bridgehead atoms. The Morgan fingerprint density at radius 2 is 1.90 bits per heavy atom. The Hall–Kier alpha value is -3.43. The number of hydrogen-bond donors (Lipinski definition) is 2. The number of ether oxygens (including phenoxy) is 2. The zero-order chi connectivity index (χ0) is 22.5. The van der Waals surface area contributed by atoms with Crippen LogP contribution in [0.5, 0.6) is 11.5 Å². The van der Waals surface area contributed by atoms with Crippen LogP contribution in [0.25, 0.3) is 6.08 Å². The number of aliphatic carboxylic acids is 1. The molecule has 2 N–H and O–H groups in total. The molecule has 2 aromatic rings. The number of carbonyl (C=O) groups excluding carboxylic acids is 2. The number of nitrogens with one attached hydrogen (secondary N) is 1. The van der Waals surface area contributed by atoms with Gasteiger partial charge in [0.25, 0.3) is 11.8 Å². The zero-order valence-corrected chi connectivity index (χ0v) is 17.8. The maximum absolute atomic E-state index is 13.0. The standard InChI is InChI=1S/C21H17ClN2O6S/c1-2-29-14-6-4-13(5-7-14)24-20(28)15(19(27)23-21(24)31)9-12-3-8-17(16(22)10-12)30-11-18(25)26/h3-10H,2,11H2,1H3,(H,25,26)(H,23,27,31). The topological polar surface area (TPSA) is 105 Å². The molecule has 1 heterocycles. The first kappa shape index (κ1) is 22.3. The first-order valence-corrected chi connectivity index (χ1v) is 9.87. The lowest BCUT2D eigenvalue weighted by molar-refractivity contribution is -0.139. The number of nitrogens with zero attached hydrogens (tertiary/aromatic N) is 1. The summed E-state index contributed by atoms with van der Waals surface area (Å²) in [5, 5.41) is 11.3. The van der Waals surface area contributed by atoms with Crippen LogP contribution in [0, 0.1) is 0 Å². The first-order valence-electron chi connectivity index (χ1n) is 9.08. The van der Waals surface area contributed by atoms with Crippen molar-refractivity contribution in [3.8, 4) is 11.5 Å². The summed E-state index contributed by atoms with van der Waals surface area (Å²) in [5.41, 5.74) is 0.781. The van der Waals surface area contributed by atoms with E-state index in [1.54, 1.807) is 30.3 Å². The number of anilines is 1. The van der Waals surface area contributed by atoms with Crippen molar-refractivity contribution in [1.29, 1.82) is 0 Å². The third-order valence-electron chi connectivity index (χ3n) is 4.13. The van der Waals surface area contributed by atoms with E-state index in [9.17, 15) is 14.4 Å². The molecule has 1 saturated heterocycles. The number of hydrogen-bond acceptors (Lipinski definition) is 6. The Morgan fingerprint density at radius 3 is 2.52 bits per heavy atom. The number of carbonyl (C=O) groups is 3. The van der Waals surface area contributed by atoms with Crippen molar-refractivity contribution in [2.45, 2.75) is 6.92 Å². The van der Waals surface area contributed by atoms with E-state index in [-0.39, 0.29) is 21.5 Å². The molecule has 0 unspecified atom stereocenters. The zero-order valence-electron chi connectivity index (χ0n) is 16.3. The highest BCUT2D eigenvalue weighted by Gasteiger charge is 2.34. The van der Waals surface area contributed by atoms with E-state index in [1.165, 1.54) is 23.1 Å². The van der Waals surface area contributed by atoms with Gasteiger partial charge in [-0.25, -0.2) is 4.79 Å². The van der Waals surface area contributed by atoms with Gasteiger partial charge < -0.3 is 14.6 Å². The van der Waals surface area contributed by atoms with E-state index >= 15 is 0 Å². The third-order valence-corrected chi connectivity index (χ3v) is 4.71. The number of carboxylic acid groups (broad SMARTS) is 1. The largest absolute Gasteiger partial charge is 0.494 e. The van der Waals surface area contributed by atoms with Crippen LogP contribution in [0.4, 0.5) is 5.69 Å². The van der Waals surface area contributed by atoms with Gasteiger partial charge in [-0.2, -0.15) is 0 Å². The summed E-state index contributed by atoms with van der Waals surface area (Å²) in [6.07, 6.45) is 1.37. The summed E-state index contributed by atoms with van der Waals surface area (Å²) in [4.78, 5) is 37.3. The Labute approximate surface area is 188 Å². The maximum atomic E-state index is 13.0. The van der Waals surface area contributed by atoms with Gasteiger partial charge in [0.1, 0.15) is 17.1 Å². The summed E-state index contributed by atoms with van der Waals surface area (Å²) in [6, 6.07) is 11.2. The second-order valence-corrected chi connectivity index (χ2v) is 7.05. The molecule has 0 aliphatic carbocycles. The van der Waals surface area contributed by atoms with Gasteiger partial charge >= 0.3 is 5.97 Å². The fourth-order valence-corrected chi connectivity index (χ4v) is 3.30. The van der Waals surface area contributed by atoms with Crippen LogP contribution in [-0.2, 0) is 14.4 Å². The second kappa shape index (κ2) is 9.59. The number of halogens is 1. The molecule has 31 heavy (non-hydrogen) atoms. The molecule has 160 valence electrons. The van der Waals surface area contributed by atoms with E-state index in [0.29, 0.717) is 23.6 Å². The molecule has 2 amide bonds. The molecule has 0 saturated carbocycles. The predicted molar refractivity (Wildman–Crippen MR) is 118 cm³/mol. The average molecular weight is 461 g/mol. The fraction of sp³-hybridized carbons (Fsp3) is 0.143. The van der Waals surface area contributed by atoms with Crippen molar-refractivity contribution in [1.82, 2.24) is 5.32 Å². The van der Waals surface area contributed by atoms with Crippen LogP contribution in [0.2, 0.25) is 5.02 Å². The molecule has 0 radical (unpaired) electrons. The Balaban J connectivity index is 1.88. The number of thiocarbonyl (C=S) groups is 1. The summed E-state index contributed by atoms with van der Waals surface area (Å²) >= 11 is 11.3. The lowest BCUT2D eigenvalue weighted by Crippen LogP contribution is -2.54. The van der Waals surface area contributed by atoms with Gasteiger partial charge in [-0.3, -0.25) is 19.8 Å². The van der Waals surface area contributed by atoms with Gasteiger partial charge in [0, 0.05) is 0 Å². The van der Waals surface area contributed by atoms with Gasteiger partial charge in [-0.1, -0.05) is 17.7 Å². The summed E-state index contributed by atoms with van der Waals surface area (Å²) in [6.45, 7) is 1.82. The molecular formula is C21H17ClN2O6S. The van der Waals surface area contributed by atoms with Crippen molar-refractivity contribution in [3.63, 3.8) is 0 Å².